The highest BCUT2D eigenvalue weighted by Crippen LogP contribution is 2.44. The Kier molecular flexibility index (Phi) is 2.16. The zero-order valence-corrected chi connectivity index (χ0v) is 9.20. The van der Waals surface area contributed by atoms with Crippen LogP contribution in [-0.4, -0.2) is 16.9 Å². The van der Waals surface area contributed by atoms with Crippen LogP contribution in [0.1, 0.15) is 36.2 Å². The predicted molar refractivity (Wildman–Crippen MR) is 61.9 cm³/mol. The van der Waals surface area contributed by atoms with Gasteiger partial charge in [-0.15, -0.1) is 0 Å². The SMILES string of the molecule is Nc1c[nH]c(C(=O)NC(C2CC2)C2CC2)c1. The molecule has 2 aliphatic rings. The number of rotatable bonds is 4. The lowest BCUT2D eigenvalue weighted by molar-refractivity contribution is 0.0922. The fourth-order valence-corrected chi connectivity index (χ4v) is 2.30. The summed E-state index contributed by atoms with van der Waals surface area (Å²) in [5.74, 6) is 1.44. The van der Waals surface area contributed by atoms with Crippen molar-refractivity contribution in [2.24, 2.45) is 11.8 Å². The van der Waals surface area contributed by atoms with E-state index < -0.39 is 0 Å². The molecule has 2 aliphatic carbocycles. The van der Waals surface area contributed by atoms with Gasteiger partial charge in [-0.3, -0.25) is 4.79 Å². The molecule has 0 spiro atoms. The molecule has 3 rings (SSSR count). The molecule has 4 heteroatoms. The largest absolute Gasteiger partial charge is 0.397 e. The second kappa shape index (κ2) is 3.54. The molecule has 2 fully saturated rings. The number of nitrogens with one attached hydrogen (secondary N) is 2. The van der Waals surface area contributed by atoms with Gasteiger partial charge in [0.15, 0.2) is 0 Å². The van der Waals surface area contributed by atoms with Crippen LogP contribution in [0.4, 0.5) is 5.69 Å². The molecule has 0 atom stereocenters. The fraction of sp³-hybridized carbons (Fsp3) is 0.583. The van der Waals surface area contributed by atoms with Crippen molar-refractivity contribution >= 4 is 11.6 Å². The molecule has 1 aromatic heterocycles. The smallest absolute Gasteiger partial charge is 0.268 e. The highest BCUT2D eigenvalue weighted by molar-refractivity contribution is 5.93. The van der Waals surface area contributed by atoms with Crippen LogP contribution in [0.25, 0.3) is 0 Å². The number of carbonyl (C=O) groups excluding carboxylic acids is 1. The lowest BCUT2D eigenvalue weighted by atomic mass is 10.1. The number of aromatic nitrogens is 1. The van der Waals surface area contributed by atoms with Crippen LogP contribution in [0.15, 0.2) is 12.3 Å². The minimum atomic E-state index is -0.0134. The predicted octanol–water partition coefficient (Wildman–Crippen LogP) is 1.52. The summed E-state index contributed by atoms with van der Waals surface area (Å²) >= 11 is 0. The molecule has 86 valence electrons. The molecule has 0 aliphatic heterocycles. The third-order valence-electron chi connectivity index (χ3n) is 3.51. The summed E-state index contributed by atoms with van der Waals surface area (Å²) in [6.45, 7) is 0. The first-order valence-corrected chi connectivity index (χ1v) is 5.99. The Balaban J connectivity index is 1.66. The first kappa shape index (κ1) is 9.75. The lowest BCUT2D eigenvalue weighted by Gasteiger charge is -2.16. The van der Waals surface area contributed by atoms with E-state index in [1.165, 1.54) is 25.7 Å². The van der Waals surface area contributed by atoms with Crippen molar-refractivity contribution < 1.29 is 4.79 Å². The number of hydrogen-bond acceptors (Lipinski definition) is 2. The Morgan fingerprint density at radius 3 is 2.44 bits per heavy atom. The number of H-pyrrole nitrogens is 1. The number of hydrogen-bond donors (Lipinski definition) is 3. The van der Waals surface area contributed by atoms with E-state index in [9.17, 15) is 4.79 Å². The van der Waals surface area contributed by atoms with Crippen LogP contribution in [0.2, 0.25) is 0 Å². The van der Waals surface area contributed by atoms with Gasteiger partial charge in [0.2, 0.25) is 0 Å². The zero-order valence-electron chi connectivity index (χ0n) is 9.20. The second-order valence-electron chi connectivity index (χ2n) is 5.02. The second-order valence-corrected chi connectivity index (χ2v) is 5.02. The summed E-state index contributed by atoms with van der Waals surface area (Å²) in [5, 5.41) is 3.14. The third-order valence-corrected chi connectivity index (χ3v) is 3.51. The van der Waals surface area contributed by atoms with Crippen molar-refractivity contribution in [3.05, 3.63) is 18.0 Å². The van der Waals surface area contributed by atoms with Crippen LogP contribution in [-0.2, 0) is 0 Å². The first-order valence-electron chi connectivity index (χ1n) is 5.99. The number of nitrogens with two attached hydrogens (primary N) is 1. The van der Waals surface area contributed by atoms with E-state index in [2.05, 4.69) is 10.3 Å². The number of nitrogen functional groups attached to an aromatic ring is 1. The average molecular weight is 219 g/mol. The van der Waals surface area contributed by atoms with Gasteiger partial charge in [-0.25, -0.2) is 0 Å². The Labute approximate surface area is 94.6 Å². The number of amides is 1. The van der Waals surface area contributed by atoms with Gasteiger partial charge in [0.05, 0.1) is 0 Å². The van der Waals surface area contributed by atoms with Crippen LogP contribution >= 0.6 is 0 Å². The van der Waals surface area contributed by atoms with E-state index in [0.717, 1.165) is 11.8 Å². The minimum absolute atomic E-state index is 0.0134. The van der Waals surface area contributed by atoms with Gasteiger partial charge in [0.25, 0.3) is 5.91 Å². The van der Waals surface area contributed by atoms with Gasteiger partial charge in [0, 0.05) is 17.9 Å². The Hall–Kier alpha value is -1.45. The van der Waals surface area contributed by atoms with Gasteiger partial charge in [0.1, 0.15) is 5.69 Å². The molecular weight excluding hydrogens is 202 g/mol. The van der Waals surface area contributed by atoms with E-state index in [1.54, 1.807) is 12.3 Å². The van der Waals surface area contributed by atoms with Gasteiger partial charge in [-0.1, -0.05) is 0 Å². The molecule has 1 aromatic rings. The highest BCUT2D eigenvalue weighted by Gasteiger charge is 2.42. The van der Waals surface area contributed by atoms with Crippen LogP contribution in [0, 0.1) is 11.8 Å². The molecule has 0 saturated heterocycles. The molecule has 1 amide bonds. The standard InChI is InChI=1S/C12H17N3O/c13-9-5-10(14-6-9)12(16)15-11(7-1-2-7)8-3-4-8/h5-8,11,14H,1-4,13H2,(H,15,16). The molecule has 0 radical (unpaired) electrons. The molecule has 4 N–H and O–H groups in total. The van der Waals surface area contributed by atoms with Crippen LogP contribution in [0.3, 0.4) is 0 Å². The maximum Gasteiger partial charge on any atom is 0.268 e. The summed E-state index contributed by atoms with van der Waals surface area (Å²) in [6.07, 6.45) is 6.74. The summed E-state index contributed by atoms with van der Waals surface area (Å²) in [7, 11) is 0. The summed E-state index contributed by atoms with van der Waals surface area (Å²) in [6, 6.07) is 2.09. The van der Waals surface area contributed by atoms with Crippen molar-refractivity contribution in [2.45, 2.75) is 31.7 Å². The third kappa shape index (κ3) is 1.92. The maximum absolute atomic E-state index is 11.9. The van der Waals surface area contributed by atoms with Crippen LogP contribution in [0.5, 0.6) is 0 Å². The Bertz CT molecular complexity index is 392. The molecule has 0 unspecified atom stereocenters. The number of anilines is 1. The van der Waals surface area contributed by atoms with E-state index >= 15 is 0 Å². The molecule has 0 bridgehead atoms. The lowest BCUT2D eigenvalue weighted by Crippen LogP contribution is -2.38. The van der Waals surface area contributed by atoms with E-state index in [1.807, 2.05) is 0 Å². The van der Waals surface area contributed by atoms with Gasteiger partial charge in [-0.05, 0) is 43.6 Å². The van der Waals surface area contributed by atoms with E-state index in [0.29, 0.717) is 17.4 Å². The molecule has 16 heavy (non-hydrogen) atoms. The quantitative estimate of drug-likeness (QED) is 0.718. The summed E-state index contributed by atoms with van der Waals surface area (Å²) in [5.41, 5.74) is 6.76. The molecule has 4 nitrogen and oxygen atoms in total. The van der Waals surface area contributed by atoms with Gasteiger partial charge in [-0.2, -0.15) is 0 Å². The summed E-state index contributed by atoms with van der Waals surface area (Å²) < 4.78 is 0. The van der Waals surface area contributed by atoms with Crippen molar-refractivity contribution in [1.82, 2.24) is 10.3 Å². The Morgan fingerprint density at radius 1 is 1.38 bits per heavy atom. The van der Waals surface area contributed by atoms with Crippen molar-refractivity contribution in [1.29, 1.82) is 0 Å². The molecule has 0 aromatic carbocycles. The van der Waals surface area contributed by atoms with Crippen LogP contribution < -0.4 is 11.1 Å². The number of carbonyl (C=O) groups is 1. The summed E-state index contributed by atoms with van der Waals surface area (Å²) in [4.78, 5) is 14.8. The normalized spacial score (nSPS) is 20.1. The monoisotopic (exact) mass is 219 g/mol. The first-order chi connectivity index (χ1) is 7.74. The zero-order chi connectivity index (χ0) is 11.1. The molecular formula is C12H17N3O. The van der Waals surface area contributed by atoms with Crippen molar-refractivity contribution in [3.63, 3.8) is 0 Å². The van der Waals surface area contributed by atoms with Gasteiger partial charge >= 0.3 is 0 Å². The maximum atomic E-state index is 11.9. The molecule has 1 heterocycles. The van der Waals surface area contributed by atoms with Gasteiger partial charge < -0.3 is 16.0 Å². The van der Waals surface area contributed by atoms with E-state index in [-0.39, 0.29) is 5.91 Å². The fourth-order valence-electron chi connectivity index (χ4n) is 2.30. The number of aromatic amines is 1. The topological polar surface area (TPSA) is 70.9 Å². The molecule has 2 saturated carbocycles. The Morgan fingerprint density at radius 2 is 2.00 bits per heavy atom. The van der Waals surface area contributed by atoms with Crippen molar-refractivity contribution in [3.8, 4) is 0 Å². The highest BCUT2D eigenvalue weighted by atomic mass is 16.1. The average Bonchev–Trinajstić information content (AvgIpc) is 3.14. The van der Waals surface area contributed by atoms with Crippen molar-refractivity contribution in [2.75, 3.05) is 5.73 Å². The minimum Gasteiger partial charge on any atom is -0.397 e. The van der Waals surface area contributed by atoms with E-state index in [4.69, 9.17) is 5.73 Å².